The molecule has 2 nitrogen and oxygen atoms in total. The monoisotopic (exact) mass is 242 g/mol. The molecule has 0 saturated carbocycles. The van der Waals surface area contributed by atoms with Crippen molar-refractivity contribution in [2.45, 2.75) is 25.0 Å². The molecule has 15 heavy (non-hydrogen) atoms. The molecule has 4 heteroatoms. The maximum Gasteiger partial charge on any atom is 0.307 e. The molecule has 0 saturated heterocycles. The van der Waals surface area contributed by atoms with Crippen LogP contribution in [0.15, 0.2) is 24.3 Å². The Labute approximate surface area is 98.9 Å². The lowest BCUT2D eigenvalue weighted by Gasteiger charge is -2.08. The van der Waals surface area contributed by atoms with Crippen LogP contribution in [0.4, 0.5) is 0 Å². The minimum absolute atomic E-state index is 0.0935. The summed E-state index contributed by atoms with van der Waals surface area (Å²) < 4.78 is 0. The number of hydrogen-bond acceptors (Lipinski definition) is 3. The van der Waals surface area contributed by atoms with Crippen molar-refractivity contribution < 1.29 is 9.90 Å². The predicted octanol–water partition coefficient (Wildman–Crippen LogP) is 2.82. The maximum absolute atomic E-state index is 10.5. The molecule has 0 spiro atoms. The Kier molecular flexibility index (Phi) is 5.05. The summed E-state index contributed by atoms with van der Waals surface area (Å²) in [6.07, 6.45) is 1.01. The molecule has 0 aromatic heterocycles. The lowest BCUT2D eigenvalue weighted by molar-refractivity contribution is -0.136. The first-order valence-corrected chi connectivity index (χ1v) is 6.65. The Bertz CT molecular complexity index is 339. The van der Waals surface area contributed by atoms with Crippen LogP contribution in [0.1, 0.15) is 18.1 Å². The molecule has 0 amide bonds. The number of rotatable bonds is 5. The number of thiol groups is 1. The quantitative estimate of drug-likeness (QED) is 0.616. The van der Waals surface area contributed by atoms with Crippen LogP contribution < -0.4 is 0 Å². The highest BCUT2D eigenvalue weighted by molar-refractivity contribution is 8.68. The van der Waals surface area contributed by atoms with Gasteiger partial charge in [0.2, 0.25) is 0 Å². The van der Waals surface area contributed by atoms with E-state index in [1.807, 2.05) is 24.3 Å². The van der Waals surface area contributed by atoms with Crippen molar-refractivity contribution in [3.05, 3.63) is 35.4 Å². The summed E-state index contributed by atoms with van der Waals surface area (Å²) in [6, 6.07) is 7.72. The lowest BCUT2D eigenvalue weighted by Crippen LogP contribution is -2.03. The van der Waals surface area contributed by atoms with Crippen molar-refractivity contribution >= 4 is 28.4 Å². The third kappa shape index (κ3) is 4.62. The summed E-state index contributed by atoms with van der Waals surface area (Å²) in [7, 11) is 1.52. The van der Waals surface area contributed by atoms with Gasteiger partial charge >= 0.3 is 5.97 Å². The Morgan fingerprint density at radius 2 is 2.20 bits per heavy atom. The second kappa shape index (κ2) is 6.08. The van der Waals surface area contributed by atoms with Crippen molar-refractivity contribution in [2.24, 2.45) is 0 Å². The average molecular weight is 242 g/mol. The fraction of sp³-hybridized carbons (Fsp3) is 0.364. The molecule has 0 aliphatic heterocycles. The normalized spacial score (nSPS) is 12.4. The molecular weight excluding hydrogens is 228 g/mol. The van der Waals surface area contributed by atoms with Gasteiger partial charge in [0.1, 0.15) is 0 Å². The van der Waals surface area contributed by atoms with Crippen molar-refractivity contribution in [3.63, 3.8) is 0 Å². The highest BCUT2D eigenvalue weighted by Crippen LogP contribution is 2.19. The molecule has 1 unspecified atom stereocenters. The summed E-state index contributed by atoms with van der Waals surface area (Å²) in [5, 5.41) is 9.11. The zero-order valence-corrected chi connectivity index (χ0v) is 10.2. The lowest BCUT2D eigenvalue weighted by atomic mass is 10.0. The van der Waals surface area contributed by atoms with E-state index in [4.69, 9.17) is 5.11 Å². The first-order chi connectivity index (χ1) is 7.11. The van der Waals surface area contributed by atoms with Gasteiger partial charge in [0.15, 0.2) is 0 Å². The van der Waals surface area contributed by atoms with Gasteiger partial charge in [-0.25, -0.2) is 0 Å². The molecule has 82 valence electrons. The second-order valence-electron chi connectivity index (χ2n) is 3.51. The van der Waals surface area contributed by atoms with E-state index >= 15 is 0 Å². The number of carboxylic acid groups (broad SMARTS) is 1. The van der Waals surface area contributed by atoms with Crippen LogP contribution in [0.2, 0.25) is 0 Å². The van der Waals surface area contributed by atoms with Crippen LogP contribution >= 0.6 is 22.5 Å². The first kappa shape index (κ1) is 12.5. The van der Waals surface area contributed by atoms with Crippen molar-refractivity contribution in [2.75, 3.05) is 0 Å². The van der Waals surface area contributed by atoms with E-state index < -0.39 is 5.97 Å². The minimum Gasteiger partial charge on any atom is -0.481 e. The standard InChI is InChI=1S/C11H14O2S2/c1-8(15-14)5-9-3-2-4-10(6-9)7-11(12)13/h2-4,6,8,14H,5,7H2,1H3,(H,12,13). The van der Waals surface area contributed by atoms with Gasteiger partial charge in [-0.15, -0.1) is 11.7 Å². The van der Waals surface area contributed by atoms with Crippen LogP contribution in [0.3, 0.4) is 0 Å². The van der Waals surface area contributed by atoms with Gasteiger partial charge < -0.3 is 5.11 Å². The summed E-state index contributed by atoms with van der Waals surface area (Å²) in [5.41, 5.74) is 2.03. The fourth-order valence-electron chi connectivity index (χ4n) is 1.41. The molecule has 1 rings (SSSR count). The van der Waals surface area contributed by atoms with Gasteiger partial charge in [-0.3, -0.25) is 4.79 Å². The van der Waals surface area contributed by atoms with Crippen molar-refractivity contribution in [1.82, 2.24) is 0 Å². The van der Waals surface area contributed by atoms with E-state index in [0.29, 0.717) is 5.25 Å². The number of aliphatic carboxylic acids is 1. The largest absolute Gasteiger partial charge is 0.481 e. The van der Waals surface area contributed by atoms with E-state index in [1.54, 1.807) is 0 Å². The molecule has 0 aliphatic carbocycles. The van der Waals surface area contributed by atoms with E-state index in [9.17, 15) is 4.79 Å². The molecular formula is C11H14O2S2. The highest BCUT2D eigenvalue weighted by Gasteiger charge is 2.04. The number of benzene rings is 1. The number of carboxylic acids is 1. The number of carbonyl (C=O) groups is 1. The van der Waals surface area contributed by atoms with Crippen LogP contribution in [-0.2, 0) is 17.6 Å². The summed E-state index contributed by atoms with van der Waals surface area (Å²) >= 11 is 4.15. The summed E-state index contributed by atoms with van der Waals surface area (Å²) in [5.74, 6) is -0.788. The van der Waals surface area contributed by atoms with Gasteiger partial charge in [0, 0.05) is 5.25 Å². The molecule has 0 aliphatic rings. The van der Waals surface area contributed by atoms with E-state index in [-0.39, 0.29) is 6.42 Å². The predicted molar refractivity (Wildman–Crippen MR) is 67.5 cm³/mol. The van der Waals surface area contributed by atoms with Crippen LogP contribution in [0.25, 0.3) is 0 Å². The topological polar surface area (TPSA) is 37.3 Å². The van der Waals surface area contributed by atoms with Gasteiger partial charge in [0.05, 0.1) is 6.42 Å². The van der Waals surface area contributed by atoms with Crippen LogP contribution in [-0.4, -0.2) is 16.3 Å². The first-order valence-electron chi connectivity index (χ1n) is 4.71. The van der Waals surface area contributed by atoms with Crippen LogP contribution in [0, 0.1) is 0 Å². The van der Waals surface area contributed by atoms with Gasteiger partial charge in [-0.2, -0.15) is 0 Å². The Morgan fingerprint density at radius 1 is 1.53 bits per heavy atom. The molecule has 0 fully saturated rings. The third-order valence-corrected chi connectivity index (χ3v) is 3.66. The molecule has 1 aromatic carbocycles. The van der Waals surface area contributed by atoms with Crippen molar-refractivity contribution in [1.29, 1.82) is 0 Å². The number of hydrogen-bond donors (Lipinski definition) is 2. The molecule has 0 radical (unpaired) electrons. The zero-order chi connectivity index (χ0) is 11.3. The third-order valence-electron chi connectivity index (χ3n) is 2.05. The molecule has 0 bridgehead atoms. The Hall–Kier alpha value is -0.610. The Balaban J connectivity index is 2.69. The molecule has 1 N–H and O–H groups in total. The molecule has 0 heterocycles. The van der Waals surface area contributed by atoms with Gasteiger partial charge in [0.25, 0.3) is 0 Å². The average Bonchev–Trinajstić information content (AvgIpc) is 2.17. The van der Waals surface area contributed by atoms with E-state index in [1.165, 1.54) is 16.4 Å². The van der Waals surface area contributed by atoms with E-state index in [0.717, 1.165) is 12.0 Å². The van der Waals surface area contributed by atoms with Gasteiger partial charge in [-0.1, -0.05) is 42.0 Å². The van der Waals surface area contributed by atoms with E-state index in [2.05, 4.69) is 18.6 Å². The minimum atomic E-state index is -0.788. The summed E-state index contributed by atoms with van der Waals surface area (Å²) in [6.45, 7) is 2.10. The zero-order valence-electron chi connectivity index (χ0n) is 8.51. The molecule has 1 aromatic rings. The molecule has 1 atom stereocenters. The van der Waals surface area contributed by atoms with Crippen molar-refractivity contribution in [3.8, 4) is 0 Å². The maximum atomic E-state index is 10.5. The van der Waals surface area contributed by atoms with Crippen LogP contribution in [0.5, 0.6) is 0 Å². The van der Waals surface area contributed by atoms with Gasteiger partial charge in [-0.05, 0) is 17.5 Å². The Morgan fingerprint density at radius 3 is 2.80 bits per heavy atom. The highest BCUT2D eigenvalue weighted by atomic mass is 33.1. The second-order valence-corrected chi connectivity index (χ2v) is 5.16. The smallest absolute Gasteiger partial charge is 0.307 e. The fourth-order valence-corrected chi connectivity index (χ4v) is 1.90. The summed E-state index contributed by atoms with van der Waals surface area (Å²) in [4.78, 5) is 10.5. The SMILES string of the molecule is CC(Cc1cccc(CC(=O)O)c1)SS.